The fraction of sp³-hybridized carbons (Fsp3) is 0.462. The van der Waals surface area contributed by atoms with Gasteiger partial charge in [-0.05, 0) is 35.0 Å². The molecule has 0 saturated heterocycles. The summed E-state index contributed by atoms with van der Waals surface area (Å²) in [6, 6.07) is 0. The molecule has 0 aromatic rings. The standard InChI is InChI=1S/C13H16BrNO2/c1-12(2)7-8-6-9(14)4-5-10(8)13(12,3)17-11(15)16/h5-7H,4H2,1-3H3,(H2,15,16)/t13-/m0/s1. The maximum Gasteiger partial charge on any atom is 0.405 e. The molecule has 1 atom stereocenters. The molecule has 0 radical (unpaired) electrons. The van der Waals surface area contributed by atoms with Crippen molar-refractivity contribution >= 4 is 22.0 Å². The SMILES string of the molecule is CC1(C)C=C2C=C(Br)CC=C2[C@]1(C)OC(N)=O. The molecule has 4 heteroatoms. The van der Waals surface area contributed by atoms with Crippen molar-refractivity contribution in [2.75, 3.05) is 0 Å². The van der Waals surface area contributed by atoms with Crippen LogP contribution in [0.2, 0.25) is 0 Å². The van der Waals surface area contributed by atoms with Crippen LogP contribution in [0.3, 0.4) is 0 Å². The Morgan fingerprint density at radius 3 is 2.71 bits per heavy atom. The second-order valence-electron chi connectivity index (χ2n) is 5.19. The molecule has 0 unspecified atom stereocenters. The first-order valence-corrected chi connectivity index (χ1v) is 6.34. The first-order valence-electron chi connectivity index (χ1n) is 5.55. The first kappa shape index (κ1) is 12.4. The number of halogens is 1. The van der Waals surface area contributed by atoms with Gasteiger partial charge in [0.25, 0.3) is 0 Å². The highest BCUT2D eigenvalue weighted by atomic mass is 79.9. The van der Waals surface area contributed by atoms with Gasteiger partial charge in [-0.3, -0.25) is 0 Å². The van der Waals surface area contributed by atoms with E-state index in [9.17, 15) is 4.79 Å². The fourth-order valence-corrected chi connectivity index (χ4v) is 2.88. The topological polar surface area (TPSA) is 52.3 Å². The lowest BCUT2D eigenvalue weighted by atomic mass is 9.76. The number of primary amides is 1. The minimum absolute atomic E-state index is 0.267. The minimum atomic E-state index is -0.732. The zero-order valence-corrected chi connectivity index (χ0v) is 11.8. The molecule has 1 amide bonds. The van der Waals surface area contributed by atoms with Gasteiger partial charge in [-0.2, -0.15) is 0 Å². The molecule has 0 aromatic heterocycles. The third kappa shape index (κ3) is 1.84. The van der Waals surface area contributed by atoms with Crippen LogP contribution in [0.25, 0.3) is 0 Å². The van der Waals surface area contributed by atoms with Crippen molar-refractivity contribution in [1.82, 2.24) is 0 Å². The monoisotopic (exact) mass is 297 g/mol. The lowest BCUT2D eigenvalue weighted by Gasteiger charge is -2.38. The van der Waals surface area contributed by atoms with E-state index >= 15 is 0 Å². The van der Waals surface area contributed by atoms with Crippen LogP contribution < -0.4 is 5.73 Å². The molecule has 0 aliphatic heterocycles. The van der Waals surface area contributed by atoms with Crippen LogP contribution in [0, 0.1) is 5.41 Å². The number of hydrogen-bond donors (Lipinski definition) is 1. The number of allylic oxidation sites excluding steroid dienone is 3. The van der Waals surface area contributed by atoms with Crippen molar-refractivity contribution in [3.05, 3.63) is 33.9 Å². The maximum absolute atomic E-state index is 11.1. The first-order chi connectivity index (χ1) is 7.76. The Hall–Kier alpha value is -1.03. The number of ether oxygens (including phenoxy) is 1. The van der Waals surface area contributed by atoms with Gasteiger partial charge in [0.05, 0.1) is 0 Å². The molecular weight excluding hydrogens is 282 g/mol. The van der Waals surface area contributed by atoms with Crippen LogP contribution in [-0.4, -0.2) is 11.7 Å². The molecule has 0 bridgehead atoms. The van der Waals surface area contributed by atoms with Crippen molar-refractivity contribution in [1.29, 1.82) is 0 Å². The van der Waals surface area contributed by atoms with Crippen molar-refractivity contribution in [3.8, 4) is 0 Å². The van der Waals surface area contributed by atoms with Gasteiger partial charge in [0, 0.05) is 5.41 Å². The zero-order valence-electron chi connectivity index (χ0n) is 10.2. The van der Waals surface area contributed by atoms with Gasteiger partial charge in [0.1, 0.15) is 5.60 Å². The van der Waals surface area contributed by atoms with E-state index in [0.29, 0.717) is 0 Å². The molecule has 3 nitrogen and oxygen atoms in total. The average molecular weight is 298 g/mol. The Kier molecular flexibility index (Phi) is 2.73. The number of fused-ring (bicyclic) bond motifs is 1. The summed E-state index contributed by atoms with van der Waals surface area (Å²) in [7, 11) is 0. The van der Waals surface area contributed by atoms with Crippen LogP contribution >= 0.6 is 15.9 Å². The lowest BCUT2D eigenvalue weighted by molar-refractivity contribution is 0.00169. The van der Waals surface area contributed by atoms with Gasteiger partial charge in [-0.15, -0.1) is 0 Å². The Balaban J connectivity index is 2.47. The highest BCUT2D eigenvalue weighted by molar-refractivity contribution is 9.11. The predicted octanol–water partition coefficient (Wildman–Crippen LogP) is 3.42. The highest BCUT2D eigenvalue weighted by Gasteiger charge is 2.51. The second kappa shape index (κ2) is 3.73. The molecule has 0 spiro atoms. The van der Waals surface area contributed by atoms with E-state index < -0.39 is 11.7 Å². The Bertz CT molecular complexity index is 474. The van der Waals surface area contributed by atoms with Crippen LogP contribution in [0.15, 0.2) is 33.9 Å². The molecule has 0 aromatic carbocycles. The third-order valence-electron chi connectivity index (χ3n) is 3.69. The van der Waals surface area contributed by atoms with E-state index in [-0.39, 0.29) is 5.41 Å². The largest absolute Gasteiger partial charge is 0.438 e. The van der Waals surface area contributed by atoms with Gasteiger partial charge < -0.3 is 10.5 Å². The quantitative estimate of drug-likeness (QED) is 0.806. The van der Waals surface area contributed by atoms with Gasteiger partial charge in [-0.1, -0.05) is 41.9 Å². The van der Waals surface area contributed by atoms with E-state index in [1.807, 2.05) is 20.8 Å². The number of amides is 1. The summed E-state index contributed by atoms with van der Waals surface area (Å²) in [5.74, 6) is 0. The van der Waals surface area contributed by atoms with Gasteiger partial charge in [0.15, 0.2) is 0 Å². The molecule has 2 N–H and O–H groups in total. The van der Waals surface area contributed by atoms with Crippen molar-refractivity contribution < 1.29 is 9.53 Å². The number of nitrogens with two attached hydrogens (primary N) is 1. The minimum Gasteiger partial charge on any atom is -0.438 e. The second-order valence-corrected chi connectivity index (χ2v) is 6.21. The molecule has 2 aliphatic carbocycles. The summed E-state index contributed by atoms with van der Waals surface area (Å²) in [5, 5.41) is 0. The molecule has 17 heavy (non-hydrogen) atoms. The van der Waals surface area contributed by atoms with Crippen LogP contribution in [-0.2, 0) is 4.74 Å². The van der Waals surface area contributed by atoms with E-state index in [2.05, 4.69) is 34.2 Å². The number of carbonyl (C=O) groups is 1. The number of hydrogen-bond acceptors (Lipinski definition) is 2. The summed E-state index contributed by atoms with van der Waals surface area (Å²) in [4.78, 5) is 11.1. The van der Waals surface area contributed by atoms with Crippen LogP contribution in [0.4, 0.5) is 4.79 Å². The smallest absolute Gasteiger partial charge is 0.405 e. The highest BCUT2D eigenvalue weighted by Crippen LogP contribution is 2.52. The zero-order chi connectivity index (χ0) is 12.8. The Labute approximate surface area is 110 Å². The summed E-state index contributed by atoms with van der Waals surface area (Å²) >= 11 is 3.49. The maximum atomic E-state index is 11.1. The molecular formula is C13H16BrNO2. The van der Waals surface area contributed by atoms with E-state index in [0.717, 1.165) is 22.0 Å². The normalized spacial score (nSPS) is 30.0. The molecule has 0 heterocycles. The number of carbonyl (C=O) groups excluding carboxylic acids is 1. The number of rotatable bonds is 1. The fourth-order valence-electron chi connectivity index (χ4n) is 2.47. The van der Waals surface area contributed by atoms with Crippen molar-refractivity contribution in [2.24, 2.45) is 11.1 Å². The average Bonchev–Trinajstić information content (AvgIpc) is 2.32. The van der Waals surface area contributed by atoms with Gasteiger partial charge in [0.2, 0.25) is 0 Å². The Morgan fingerprint density at radius 1 is 1.47 bits per heavy atom. The van der Waals surface area contributed by atoms with Crippen molar-refractivity contribution in [3.63, 3.8) is 0 Å². The van der Waals surface area contributed by atoms with Gasteiger partial charge in [-0.25, -0.2) is 4.79 Å². The summed E-state index contributed by atoms with van der Waals surface area (Å²) in [6.45, 7) is 6.01. The van der Waals surface area contributed by atoms with Crippen LogP contribution in [0.5, 0.6) is 0 Å². The van der Waals surface area contributed by atoms with E-state index in [1.165, 1.54) is 0 Å². The third-order valence-corrected chi connectivity index (χ3v) is 4.24. The van der Waals surface area contributed by atoms with Crippen molar-refractivity contribution in [2.45, 2.75) is 32.8 Å². The predicted molar refractivity (Wildman–Crippen MR) is 70.6 cm³/mol. The van der Waals surface area contributed by atoms with E-state index in [4.69, 9.17) is 10.5 Å². The molecule has 2 aliphatic rings. The summed E-state index contributed by atoms with van der Waals surface area (Å²) in [6.07, 6.45) is 6.38. The summed E-state index contributed by atoms with van der Waals surface area (Å²) < 4.78 is 6.52. The molecule has 0 saturated carbocycles. The summed E-state index contributed by atoms with van der Waals surface area (Å²) in [5.41, 5.74) is 6.40. The van der Waals surface area contributed by atoms with Gasteiger partial charge >= 0.3 is 6.09 Å². The van der Waals surface area contributed by atoms with Crippen LogP contribution in [0.1, 0.15) is 27.2 Å². The van der Waals surface area contributed by atoms with E-state index in [1.54, 1.807) is 0 Å². The Morgan fingerprint density at radius 2 is 2.12 bits per heavy atom. The lowest BCUT2D eigenvalue weighted by Crippen LogP contribution is -2.44. The molecule has 2 rings (SSSR count). The molecule has 92 valence electrons. The molecule has 0 fully saturated rings.